The van der Waals surface area contributed by atoms with Crippen molar-refractivity contribution in [1.82, 2.24) is 5.32 Å². The molecule has 1 nitrogen and oxygen atoms in total. The fraction of sp³-hybridized carbons (Fsp3) is 0.625. The number of nitrogens with one attached hydrogen (secondary N) is 1. The molecule has 1 aromatic rings. The minimum absolute atomic E-state index is 0.171. The average molecular weight is 267 g/mol. The monoisotopic (exact) mass is 267 g/mol. The van der Waals surface area contributed by atoms with Gasteiger partial charge in [-0.3, -0.25) is 0 Å². The van der Waals surface area contributed by atoms with E-state index in [1.165, 1.54) is 50.3 Å². The van der Waals surface area contributed by atoms with Crippen molar-refractivity contribution >= 4 is 0 Å². The molecular formula is C16H23F2N. The lowest BCUT2D eigenvalue weighted by Crippen LogP contribution is -2.33. The second-order valence-electron chi connectivity index (χ2n) is 5.57. The van der Waals surface area contributed by atoms with Gasteiger partial charge < -0.3 is 5.32 Å². The van der Waals surface area contributed by atoms with Crippen LogP contribution in [0.25, 0.3) is 0 Å². The Morgan fingerprint density at radius 1 is 1.00 bits per heavy atom. The molecule has 1 aromatic carbocycles. The predicted octanol–water partition coefficient (Wildman–Crippen LogP) is 4.73. The van der Waals surface area contributed by atoms with E-state index in [-0.39, 0.29) is 11.6 Å². The van der Waals surface area contributed by atoms with Crippen molar-refractivity contribution in [2.45, 2.75) is 64.0 Å². The second kappa shape index (κ2) is 6.99. The number of hydrogen-bond acceptors (Lipinski definition) is 1. The van der Waals surface area contributed by atoms with Gasteiger partial charge in [0.15, 0.2) is 0 Å². The Morgan fingerprint density at radius 2 is 1.53 bits per heavy atom. The third kappa shape index (κ3) is 4.00. The Kier molecular flexibility index (Phi) is 5.32. The largest absolute Gasteiger partial charge is 0.307 e. The fourth-order valence-electron chi connectivity index (χ4n) is 2.98. The fourth-order valence-corrected chi connectivity index (χ4v) is 2.98. The maximum absolute atomic E-state index is 13.7. The first-order chi connectivity index (χ1) is 9.18. The van der Waals surface area contributed by atoms with Crippen LogP contribution in [-0.2, 0) is 0 Å². The van der Waals surface area contributed by atoms with Crippen LogP contribution >= 0.6 is 0 Å². The molecule has 1 fully saturated rings. The minimum atomic E-state index is -0.453. The molecule has 19 heavy (non-hydrogen) atoms. The standard InChI is InChI=1S/C16H23F2N/c1-12(16-14(17)10-7-11-15(16)18)19-13-8-5-3-2-4-6-9-13/h7,10-13,19H,2-6,8-9H2,1H3. The summed E-state index contributed by atoms with van der Waals surface area (Å²) in [4.78, 5) is 0. The van der Waals surface area contributed by atoms with Crippen LogP contribution in [-0.4, -0.2) is 6.04 Å². The van der Waals surface area contributed by atoms with E-state index in [1.54, 1.807) is 0 Å². The zero-order chi connectivity index (χ0) is 13.7. The van der Waals surface area contributed by atoms with Gasteiger partial charge in [-0.2, -0.15) is 0 Å². The Morgan fingerprint density at radius 3 is 2.11 bits per heavy atom. The maximum Gasteiger partial charge on any atom is 0.130 e. The average Bonchev–Trinajstić information content (AvgIpc) is 2.32. The molecule has 1 aliphatic rings. The highest BCUT2D eigenvalue weighted by Crippen LogP contribution is 2.24. The summed E-state index contributed by atoms with van der Waals surface area (Å²) < 4.78 is 27.4. The summed E-state index contributed by atoms with van der Waals surface area (Å²) in [7, 11) is 0. The first-order valence-electron chi connectivity index (χ1n) is 7.38. The molecule has 0 bridgehead atoms. The molecule has 1 atom stereocenters. The summed E-state index contributed by atoms with van der Waals surface area (Å²) >= 11 is 0. The first-order valence-corrected chi connectivity index (χ1v) is 7.38. The lowest BCUT2D eigenvalue weighted by molar-refractivity contribution is 0.353. The van der Waals surface area contributed by atoms with Crippen molar-refractivity contribution < 1.29 is 8.78 Å². The minimum Gasteiger partial charge on any atom is -0.307 e. The van der Waals surface area contributed by atoms with Crippen molar-refractivity contribution in [3.8, 4) is 0 Å². The zero-order valence-electron chi connectivity index (χ0n) is 11.6. The van der Waals surface area contributed by atoms with Crippen molar-refractivity contribution in [2.75, 3.05) is 0 Å². The molecule has 2 rings (SSSR count). The highest BCUT2D eigenvalue weighted by atomic mass is 19.1. The summed E-state index contributed by atoms with van der Waals surface area (Å²) in [6.45, 7) is 1.85. The highest BCUT2D eigenvalue weighted by molar-refractivity contribution is 5.22. The molecule has 3 heteroatoms. The van der Waals surface area contributed by atoms with E-state index < -0.39 is 11.6 Å². The van der Waals surface area contributed by atoms with E-state index in [1.807, 2.05) is 6.92 Å². The zero-order valence-corrected chi connectivity index (χ0v) is 11.6. The summed E-state index contributed by atoms with van der Waals surface area (Å²) in [6, 6.07) is 4.18. The highest BCUT2D eigenvalue weighted by Gasteiger charge is 2.19. The third-order valence-electron chi connectivity index (χ3n) is 4.02. The molecular weight excluding hydrogens is 244 g/mol. The molecule has 0 heterocycles. The van der Waals surface area contributed by atoms with Crippen molar-refractivity contribution in [2.24, 2.45) is 0 Å². The second-order valence-corrected chi connectivity index (χ2v) is 5.57. The summed E-state index contributed by atoms with van der Waals surface area (Å²) in [6.07, 6.45) is 8.53. The summed E-state index contributed by atoms with van der Waals surface area (Å²) in [5.41, 5.74) is 0.171. The molecule has 1 aliphatic carbocycles. The molecule has 106 valence electrons. The van der Waals surface area contributed by atoms with Gasteiger partial charge in [0.25, 0.3) is 0 Å². The van der Waals surface area contributed by atoms with Gasteiger partial charge in [-0.05, 0) is 31.9 Å². The quantitative estimate of drug-likeness (QED) is 0.835. The molecule has 0 saturated heterocycles. The maximum atomic E-state index is 13.7. The molecule has 1 saturated carbocycles. The van der Waals surface area contributed by atoms with E-state index in [2.05, 4.69) is 5.32 Å². The normalized spacial score (nSPS) is 19.7. The number of benzene rings is 1. The number of hydrogen-bond donors (Lipinski definition) is 1. The van der Waals surface area contributed by atoms with Gasteiger partial charge in [0.2, 0.25) is 0 Å². The van der Waals surface area contributed by atoms with E-state index >= 15 is 0 Å². The Bertz CT molecular complexity index is 377. The molecule has 1 N–H and O–H groups in total. The SMILES string of the molecule is CC(NC1CCCCCCC1)c1c(F)cccc1F. The van der Waals surface area contributed by atoms with Crippen LogP contribution in [0.3, 0.4) is 0 Å². The third-order valence-corrected chi connectivity index (χ3v) is 4.02. The van der Waals surface area contributed by atoms with Crippen LogP contribution in [0.5, 0.6) is 0 Å². The summed E-state index contributed by atoms with van der Waals surface area (Å²) in [5.74, 6) is -0.906. The molecule has 1 unspecified atom stereocenters. The first kappa shape index (κ1) is 14.4. The van der Waals surface area contributed by atoms with Gasteiger partial charge in [0, 0.05) is 17.6 Å². The van der Waals surface area contributed by atoms with Gasteiger partial charge in [0.05, 0.1) is 0 Å². The summed E-state index contributed by atoms with van der Waals surface area (Å²) in [5, 5.41) is 3.40. The van der Waals surface area contributed by atoms with E-state index in [0.29, 0.717) is 6.04 Å². The van der Waals surface area contributed by atoms with Gasteiger partial charge in [-0.15, -0.1) is 0 Å². The Labute approximate surface area is 114 Å². The topological polar surface area (TPSA) is 12.0 Å². The van der Waals surface area contributed by atoms with E-state index in [4.69, 9.17) is 0 Å². The molecule has 0 spiro atoms. The van der Waals surface area contributed by atoms with Crippen molar-refractivity contribution in [3.63, 3.8) is 0 Å². The van der Waals surface area contributed by atoms with Crippen molar-refractivity contribution in [1.29, 1.82) is 0 Å². The smallest absolute Gasteiger partial charge is 0.130 e. The molecule has 0 amide bonds. The van der Waals surface area contributed by atoms with E-state index in [9.17, 15) is 8.78 Å². The van der Waals surface area contributed by atoms with Crippen LogP contribution in [0.2, 0.25) is 0 Å². The Balaban J connectivity index is 2.01. The molecule has 0 aliphatic heterocycles. The van der Waals surface area contributed by atoms with Crippen LogP contribution in [0, 0.1) is 11.6 Å². The van der Waals surface area contributed by atoms with Crippen LogP contribution in [0.15, 0.2) is 18.2 Å². The van der Waals surface area contributed by atoms with Gasteiger partial charge in [-0.25, -0.2) is 8.78 Å². The van der Waals surface area contributed by atoms with Gasteiger partial charge in [-0.1, -0.05) is 38.2 Å². The van der Waals surface area contributed by atoms with Crippen molar-refractivity contribution in [3.05, 3.63) is 35.4 Å². The molecule has 0 aromatic heterocycles. The van der Waals surface area contributed by atoms with E-state index in [0.717, 1.165) is 12.8 Å². The lowest BCUT2D eigenvalue weighted by Gasteiger charge is -2.25. The predicted molar refractivity (Wildman–Crippen MR) is 74.0 cm³/mol. The van der Waals surface area contributed by atoms with Crippen LogP contribution in [0.1, 0.15) is 63.5 Å². The van der Waals surface area contributed by atoms with Gasteiger partial charge in [0.1, 0.15) is 11.6 Å². The lowest BCUT2D eigenvalue weighted by atomic mass is 9.95. The van der Waals surface area contributed by atoms with Gasteiger partial charge >= 0.3 is 0 Å². The van der Waals surface area contributed by atoms with Crippen LogP contribution in [0.4, 0.5) is 8.78 Å². The van der Waals surface area contributed by atoms with Crippen LogP contribution < -0.4 is 5.32 Å². The number of halogens is 2. The molecule has 0 radical (unpaired) electrons. The Hall–Kier alpha value is -0.960. The number of rotatable bonds is 3.